The van der Waals surface area contributed by atoms with E-state index in [2.05, 4.69) is 11.6 Å². The van der Waals surface area contributed by atoms with Crippen molar-refractivity contribution in [1.82, 2.24) is 5.32 Å². The lowest BCUT2D eigenvalue weighted by atomic mass is 9.94. The van der Waals surface area contributed by atoms with Gasteiger partial charge in [0.15, 0.2) is 0 Å². The lowest BCUT2D eigenvalue weighted by Crippen LogP contribution is -2.39. The number of halogens is 1. The van der Waals surface area contributed by atoms with Crippen molar-refractivity contribution in [3.05, 3.63) is 29.3 Å². The molecule has 112 valence electrons. The van der Waals surface area contributed by atoms with E-state index in [-0.39, 0.29) is 18.3 Å². The van der Waals surface area contributed by atoms with E-state index in [0.29, 0.717) is 22.5 Å². The summed E-state index contributed by atoms with van der Waals surface area (Å²) in [5.41, 5.74) is 8.07. The highest BCUT2D eigenvalue weighted by atomic mass is 35.5. The van der Waals surface area contributed by atoms with Gasteiger partial charge in [0.2, 0.25) is 0 Å². The third-order valence-corrected chi connectivity index (χ3v) is 4.90. The molecule has 3 nitrogen and oxygen atoms in total. The van der Waals surface area contributed by atoms with Crippen molar-refractivity contribution in [2.24, 2.45) is 0 Å². The minimum Gasteiger partial charge on any atom is -0.399 e. The summed E-state index contributed by atoms with van der Waals surface area (Å²) in [6.45, 7) is 1.94. The number of hydrogen-bond acceptors (Lipinski definition) is 3. The van der Waals surface area contributed by atoms with Gasteiger partial charge in [0.05, 0.1) is 0 Å². The second kappa shape index (κ2) is 7.79. The standard InChI is InChI=1S/C15H22N2OS.ClH/c1-10-6-7-11(16)8-14(10)15(18)17-12-4-3-5-13(9-12)19-2;/h6-8,12-13H,3-5,9,16H2,1-2H3,(H,17,18);1H. The number of aryl methyl sites for hydroxylation is 1. The Morgan fingerprint density at radius 2 is 2.15 bits per heavy atom. The van der Waals surface area contributed by atoms with Crippen LogP contribution in [0.15, 0.2) is 18.2 Å². The third kappa shape index (κ3) is 4.32. The van der Waals surface area contributed by atoms with Gasteiger partial charge in [0.25, 0.3) is 5.91 Å². The van der Waals surface area contributed by atoms with Gasteiger partial charge >= 0.3 is 0 Å². The molecular formula is C15H23ClN2OS. The number of nitrogens with one attached hydrogen (secondary N) is 1. The normalized spacial score (nSPS) is 21.9. The summed E-state index contributed by atoms with van der Waals surface area (Å²) in [6.07, 6.45) is 6.78. The first-order valence-electron chi connectivity index (χ1n) is 6.80. The van der Waals surface area contributed by atoms with Crippen molar-refractivity contribution >= 4 is 35.8 Å². The van der Waals surface area contributed by atoms with E-state index < -0.39 is 0 Å². The Morgan fingerprint density at radius 1 is 1.40 bits per heavy atom. The number of thioether (sulfide) groups is 1. The third-order valence-electron chi connectivity index (χ3n) is 3.80. The molecule has 0 aliphatic heterocycles. The zero-order valence-corrected chi connectivity index (χ0v) is 13.7. The molecule has 2 unspecified atom stereocenters. The molecule has 1 aromatic rings. The fourth-order valence-corrected chi connectivity index (χ4v) is 3.46. The molecule has 0 radical (unpaired) electrons. The molecule has 20 heavy (non-hydrogen) atoms. The lowest BCUT2D eigenvalue weighted by molar-refractivity contribution is 0.0928. The number of nitrogen functional groups attached to an aromatic ring is 1. The van der Waals surface area contributed by atoms with E-state index in [9.17, 15) is 4.79 Å². The van der Waals surface area contributed by atoms with Gasteiger partial charge in [-0.05, 0) is 50.1 Å². The van der Waals surface area contributed by atoms with E-state index in [0.717, 1.165) is 18.4 Å². The number of rotatable bonds is 3. The molecule has 1 amide bonds. The monoisotopic (exact) mass is 314 g/mol. The maximum atomic E-state index is 12.3. The predicted molar refractivity (Wildman–Crippen MR) is 89.9 cm³/mol. The minimum atomic E-state index is 0. The molecule has 1 aromatic carbocycles. The van der Waals surface area contributed by atoms with Crippen LogP contribution >= 0.6 is 24.2 Å². The van der Waals surface area contributed by atoms with Crippen molar-refractivity contribution in [1.29, 1.82) is 0 Å². The van der Waals surface area contributed by atoms with Crippen LogP contribution in [0.3, 0.4) is 0 Å². The Balaban J connectivity index is 0.00000200. The Hall–Kier alpha value is -0.870. The van der Waals surface area contributed by atoms with Gasteiger partial charge in [-0.15, -0.1) is 12.4 Å². The summed E-state index contributed by atoms with van der Waals surface area (Å²) in [4.78, 5) is 12.3. The molecule has 1 aliphatic carbocycles. The summed E-state index contributed by atoms with van der Waals surface area (Å²) < 4.78 is 0. The van der Waals surface area contributed by atoms with Gasteiger partial charge in [-0.25, -0.2) is 0 Å². The Labute approximate surface area is 131 Å². The number of hydrogen-bond donors (Lipinski definition) is 2. The summed E-state index contributed by atoms with van der Waals surface area (Å²) in [6, 6.07) is 5.80. The van der Waals surface area contributed by atoms with Gasteiger partial charge in [-0.1, -0.05) is 12.5 Å². The van der Waals surface area contributed by atoms with Crippen molar-refractivity contribution in [2.45, 2.75) is 43.9 Å². The van der Waals surface area contributed by atoms with E-state index in [4.69, 9.17) is 5.73 Å². The molecule has 0 bridgehead atoms. The van der Waals surface area contributed by atoms with Gasteiger partial charge in [-0.3, -0.25) is 4.79 Å². The first-order valence-corrected chi connectivity index (χ1v) is 8.08. The maximum Gasteiger partial charge on any atom is 0.251 e. The Kier molecular flexibility index (Phi) is 6.69. The molecule has 1 aliphatic rings. The fourth-order valence-electron chi connectivity index (χ4n) is 2.64. The summed E-state index contributed by atoms with van der Waals surface area (Å²) in [5, 5.41) is 3.84. The maximum absolute atomic E-state index is 12.3. The second-order valence-electron chi connectivity index (χ2n) is 5.27. The minimum absolute atomic E-state index is 0. The number of carbonyl (C=O) groups excluding carboxylic acids is 1. The summed E-state index contributed by atoms with van der Waals surface area (Å²) >= 11 is 1.91. The summed E-state index contributed by atoms with van der Waals surface area (Å²) in [7, 11) is 0. The largest absolute Gasteiger partial charge is 0.399 e. The topological polar surface area (TPSA) is 55.1 Å². The molecule has 0 spiro atoms. The molecule has 0 aromatic heterocycles. The number of anilines is 1. The van der Waals surface area contributed by atoms with E-state index in [1.54, 1.807) is 6.07 Å². The van der Waals surface area contributed by atoms with Crippen LogP contribution < -0.4 is 11.1 Å². The summed E-state index contributed by atoms with van der Waals surface area (Å²) in [5.74, 6) is 0.0107. The zero-order valence-electron chi connectivity index (χ0n) is 12.0. The predicted octanol–water partition coefficient (Wildman–Crippen LogP) is 3.40. The van der Waals surface area contributed by atoms with Crippen LogP contribution in [0.2, 0.25) is 0 Å². The SMILES string of the molecule is CSC1CCCC(NC(=O)c2cc(N)ccc2C)C1.Cl. The van der Waals surface area contributed by atoms with Gasteiger partial charge < -0.3 is 11.1 Å². The number of carbonyl (C=O) groups is 1. The average molecular weight is 315 g/mol. The van der Waals surface area contributed by atoms with Crippen LogP contribution in [0.25, 0.3) is 0 Å². The van der Waals surface area contributed by atoms with Crippen LogP contribution in [0, 0.1) is 6.92 Å². The molecule has 0 heterocycles. The molecule has 1 saturated carbocycles. The van der Waals surface area contributed by atoms with Gasteiger partial charge in [-0.2, -0.15) is 11.8 Å². The van der Waals surface area contributed by atoms with Crippen LogP contribution in [-0.2, 0) is 0 Å². The van der Waals surface area contributed by atoms with E-state index in [1.165, 1.54) is 12.8 Å². The zero-order chi connectivity index (χ0) is 13.8. The second-order valence-corrected chi connectivity index (χ2v) is 6.41. The van der Waals surface area contributed by atoms with Crippen LogP contribution in [0.5, 0.6) is 0 Å². The van der Waals surface area contributed by atoms with Gasteiger partial charge in [0, 0.05) is 22.5 Å². The highest BCUT2D eigenvalue weighted by molar-refractivity contribution is 7.99. The molecule has 0 saturated heterocycles. The molecule has 2 rings (SSSR count). The van der Waals surface area contributed by atoms with Gasteiger partial charge in [0.1, 0.15) is 0 Å². The van der Waals surface area contributed by atoms with E-state index >= 15 is 0 Å². The highest BCUT2D eigenvalue weighted by Crippen LogP contribution is 2.27. The Morgan fingerprint density at radius 3 is 2.85 bits per heavy atom. The Bertz CT molecular complexity index is 467. The number of nitrogens with two attached hydrogens (primary N) is 1. The van der Waals surface area contributed by atoms with E-state index in [1.807, 2.05) is 30.8 Å². The highest BCUT2D eigenvalue weighted by Gasteiger charge is 2.23. The number of amides is 1. The van der Waals surface area contributed by atoms with Crippen molar-refractivity contribution in [2.75, 3.05) is 12.0 Å². The molecular weight excluding hydrogens is 292 g/mol. The molecule has 2 atom stereocenters. The molecule has 3 N–H and O–H groups in total. The van der Waals surface area contributed by atoms with Crippen molar-refractivity contribution in [3.8, 4) is 0 Å². The molecule has 1 fully saturated rings. The van der Waals surface area contributed by atoms with Crippen molar-refractivity contribution < 1.29 is 4.79 Å². The first-order chi connectivity index (χ1) is 9.10. The van der Waals surface area contributed by atoms with Crippen LogP contribution in [0.4, 0.5) is 5.69 Å². The lowest BCUT2D eigenvalue weighted by Gasteiger charge is -2.28. The molecule has 5 heteroatoms. The average Bonchev–Trinajstić information content (AvgIpc) is 2.41. The first kappa shape index (κ1) is 17.2. The smallest absolute Gasteiger partial charge is 0.251 e. The van der Waals surface area contributed by atoms with Crippen LogP contribution in [0.1, 0.15) is 41.6 Å². The fraction of sp³-hybridized carbons (Fsp3) is 0.533. The quantitative estimate of drug-likeness (QED) is 0.841. The number of benzene rings is 1. The van der Waals surface area contributed by atoms with Crippen LogP contribution in [-0.4, -0.2) is 23.5 Å². The van der Waals surface area contributed by atoms with Crippen molar-refractivity contribution in [3.63, 3.8) is 0 Å².